The van der Waals surface area contributed by atoms with E-state index in [1.54, 1.807) is 9.58 Å². The second-order valence-electron chi connectivity index (χ2n) is 8.94. The molecule has 1 aliphatic rings. The van der Waals surface area contributed by atoms with E-state index in [0.717, 1.165) is 36.2 Å². The van der Waals surface area contributed by atoms with Crippen molar-refractivity contribution in [1.82, 2.24) is 14.7 Å². The molecule has 29 heavy (non-hydrogen) atoms. The Labute approximate surface area is 173 Å². The molecule has 0 bridgehead atoms. The van der Waals surface area contributed by atoms with Crippen molar-refractivity contribution in [2.75, 3.05) is 18.4 Å². The molecule has 1 fully saturated rings. The summed E-state index contributed by atoms with van der Waals surface area (Å²) in [7, 11) is 0. The molecule has 1 aromatic heterocycles. The van der Waals surface area contributed by atoms with E-state index in [-0.39, 0.29) is 29.7 Å². The average Bonchev–Trinajstić information content (AvgIpc) is 3.02. The highest BCUT2D eigenvalue weighted by atomic mass is 16.2. The van der Waals surface area contributed by atoms with Gasteiger partial charge in [0.2, 0.25) is 11.8 Å². The van der Waals surface area contributed by atoms with Gasteiger partial charge in [-0.1, -0.05) is 44.9 Å². The first-order valence-electron chi connectivity index (χ1n) is 10.4. The van der Waals surface area contributed by atoms with E-state index in [0.29, 0.717) is 12.4 Å². The Morgan fingerprint density at radius 3 is 2.38 bits per heavy atom. The number of nitrogens with one attached hydrogen (secondary N) is 1. The minimum absolute atomic E-state index is 0.0652. The molecule has 0 atom stereocenters. The number of amides is 2. The lowest BCUT2D eigenvalue weighted by atomic mass is 9.84. The molecular formula is C23H32N4O2. The van der Waals surface area contributed by atoms with Gasteiger partial charge < -0.3 is 10.2 Å². The summed E-state index contributed by atoms with van der Waals surface area (Å²) in [5, 5.41) is 7.72. The molecule has 0 saturated heterocycles. The van der Waals surface area contributed by atoms with Crippen LogP contribution in [0, 0.1) is 12.8 Å². The second-order valence-corrected chi connectivity index (χ2v) is 8.94. The van der Waals surface area contributed by atoms with Crippen LogP contribution in [0.3, 0.4) is 0 Å². The van der Waals surface area contributed by atoms with Gasteiger partial charge in [0.05, 0.1) is 17.9 Å². The van der Waals surface area contributed by atoms with Gasteiger partial charge in [0.1, 0.15) is 5.82 Å². The van der Waals surface area contributed by atoms with Crippen molar-refractivity contribution in [2.45, 2.75) is 59.3 Å². The van der Waals surface area contributed by atoms with Crippen LogP contribution in [0.15, 0.2) is 30.3 Å². The van der Waals surface area contributed by atoms with Gasteiger partial charge in [-0.3, -0.25) is 9.59 Å². The van der Waals surface area contributed by atoms with Gasteiger partial charge in [-0.25, -0.2) is 4.68 Å². The minimum atomic E-state index is -0.201. The molecule has 1 aliphatic carbocycles. The Bertz CT molecular complexity index is 873. The number of likely N-dealkylation sites (N-methyl/N-ethyl adjacent to an activating group) is 1. The topological polar surface area (TPSA) is 67.2 Å². The Hall–Kier alpha value is -2.63. The monoisotopic (exact) mass is 396 g/mol. The first kappa shape index (κ1) is 21.1. The third-order valence-corrected chi connectivity index (χ3v) is 5.51. The fourth-order valence-corrected chi connectivity index (χ4v) is 3.33. The first-order chi connectivity index (χ1) is 13.7. The van der Waals surface area contributed by atoms with E-state index < -0.39 is 0 Å². The normalized spacial score (nSPS) is 14.4. The number of rotatable bonds is 6. The minimum Gasteiger partial charge on any atom is -0.333 e. The van der Waals surface area contributed by atoms with E-state index in [2.05, 4.69) is 26.1 Å². The molecule has 1 heterocycles. The van der Waals surface area contributed by atoms with Crippen LogP contribution in [-0.4, -0.2) is 39.6 Å². The van der Waals surface area contributed by atoms with E-state index in [9.17, 15) is 9.59 Å². The van der Waals surface area contributed by atoms with Crippen molar-refractivity contribution in [3.8, 4) is 5.69 Å². The standard InChI is InChI=1S/C23H32N4O2/c1-6-26(22(29)17-8-7-9-17)15-21(28)24-20-14-19(23(3,4)5)25-27(20)18-12-10-16(2)11-13-18/h10-14,17H,6-9,15H2,1-5H3,(H,24,28). The summed E-state index contributed by atoms with van der Waals surface area (Å²) in [6, 6.07) is 9.94. The summed E-state index contributed by atoms with van der Waals surface area (Å²) in [4.78, 5) is 26.9. The van der Waals surface area contributed by atoms with Crippen LogP contribution >= 0.6 is 0 Å². The molecule has 6 heteroatoms. The molecule has 6 nitrogen and oxygen atoms in total. The lowest BCUT2D eigenvalue weighted by molar-refractivity contribution is -0.140. The maximum atomic E-state index is 12.8. The lowest BCUT2D eigenvalue weighted by Gasteiger charge is -2.30. The predicted molar refractivity (Wildman–Crippen MR) is 115 cm³/mol. The number of anilines is 1. The fourth-order valence-electron chi connectivity index (χ4n) is 3.33. The Balaban J connectivity index is 1.81. The van der Waals surface area contributed by atoms with Crippen molar-refractivity contribution < 1.29 is 9.59 Å². The van der Waals surface area contributed by atoms with Crippen LogP contribution in [0.1, 0.15) is 58.2 Å². The highest BCUT2D eigenvalue weighted by molar-refractivity contribution is 5.94. The van der Waals surface area contributed by atoms with Gasteiger partial charge >= 0.3 is 0 Å². The SMILES string of the molecule is CCN(CC(=O)Nc1cc(C(C)(C)C)nn1-c1ccc(C)cc1)C(=O)C1CCC1. The van der Waals surface area contributed by atoms with E-state index >= 15 is 0 Å². The van der Waals surface area contributed by atoms with Crippen LogP contribution in [-0.2, 0) is 15.0 Å². The fraction of sp³-hybridized carbons (Fsp3) is 0.522. The van der Waals surface area contributed by atoms with Gasteiger partial charge in [-0.15, -0.1) is 0 Å². The summed E-state index contributed by atoms with van der Waals surface area (Å²) < 4.78 is 1.77. The molecule has 0 aliphatic heterocycles. The zero-order valence-electron chi connectivity index (χ0n) is 18.2. The molecule has 1 saturated carbocycles. The van der Waals surface area contributed by atoms with E-state index in [1.807, 2.05) is 44.2 Å². The number of carbonyl (C=O) groups is 2. The molecule has 156 valence electrons. The van der Waals surface area contributed by atoms with E-state index in [1.165, 1.54) is 0 Å². The summed E-state index contributed by atoms with van der Waals surface area (Å²) in [5.74, 6) is 0.605. The lowest BCUT2D eigenvalue weighted by Crippen LogP contribution is -2.43. The van der Waals surface area contributed by atoms with Crippen LogP contribution in [0.4, 0.5) is 5.82 Å². The molecule has 0 radical (unpaired) electrons. The predicted octanol–water partition coefficient (Wildman–Crippen LogP) is 4.07. The zero-order valence-corrected chi connectivity index (χ0v) is 18.2. The summed E-state index contributed by atoms with van der Waals surface area (Å²) >= 11 is 0. The number of aromatic nitrogens is 2. The van der Waals surface area contributed by atoms with Crippen molar-refractivity contribution in [3.05, 3.63) is 41.6 Å². The maximum Gasteiger partial charge on any atom is 0.245 e. The van der Waals surface area contributed by atoms with E-state index in [4.69, 9.17) is 5.10 Å². The number of aryl methyl sites for hydroxylation is 1. The Morgan fingerprint density at radius 2 is 1.86 bits per heavy atom. The summed E-state index contributed by atoms with van der Waals surface area (Å²) in [6.45, 7) is 10.8. The van der Waals surface area contributed by atoms with Crippen molar-refractivity contribution in [2.24, 2.45) is 5.92 Å². The number of carbonyl (C=O) groups excluding carboxylic acids is 2. The maximum absolute atomic E-state index is 12.8. The molecule has 2 aromatic rings. The van der Waals surface area contributed by atoms with Gasteiger partial charge in [0, 0.05) is 23.9 Å². The van der Waals surface area contributed by atoms with Crippen LogP contribution in [0.25, 0.3) is 5.69 Å². The van der Waals surface area contributed by atoms with Crippen molar-refractivity contribution in [3.63, 3.8) is 0 Å². The molecule has 1 aromatic carbocycles. The highest BCUT2D eigenvalue weighted by Gasteiger charge is 2.30. The number of hydrogen-bond donors (Lipinski definition) is 1. The van der Waals surface area contributed by atoms with Crippen molar-refractivity contribution >= 4 is 17.6 Å². The van der Waals surface area contributed by atoms with Gasteiger partial charge in [-0.05, 0) is 38.8 Å². The molecule has 0 spiro atoms. The second kappa shape index (κ2) is 8.39. The quantitative estimate of drug-likeness (QED) is 0.800. The van der Waals surface area contributed by atoms with Gasteiger partial charge in [-0.2, -0.15) is 5.10 Å². The van der Waals surface area contributed by atoms with Crippen LogP contribution < -0.4 is 5.32 Å². The third kappa shape index (κ3) is 4.86. The summed E-state index contributed by atoms with van der Waals surface area (Å²) in [5.41, 5.74) is 2.80. The van der Waals surface area contributed by atoms with Crippen LogP contribution in [0.5, 0.6) is 0 Å². The smallest absolute Gasteiger partial charge is 0.245 e. The number of hydrogen-bond acceptors (Lipinski definition) is 3. The van der Waals surface area contributed by atoms with Gasteiger partial charge in [0.25, 0.3) is 0 Å². The molecule has 0 unspecified atom stereocenters. The zero-order chi connectivity index (χ0) is 21.2. The largest absolute Gasteiger partial charge is 0.333 e. The molecular weight excluding hydrogens is 364 g/mol. The molecule has 3 rings (SSSR count). The van der Waals surface area contributed by atoms with Crippen LogP contribution in [0.2, 0.25) is 0 Å². The van der Waals surface area contributed by atoms with Gasteiger partial charge in [0.15, 0.2) is 0 Å². The molecule has 1 N–H and O–H groups in total. The Morgan fingerprint density at radius 1 is 1.21 bits per heavy atom. The average molecular weight is 397 g/mol. The summed E-state index contributed by atoms with van der Waals surface area (Å²) in [6.07, 6.45) is 2.98. The number of nitrogens with zero attached hydrogens (tertiary/aromatic N) is 3. The van der Waals surface area contributed by atoms with Crippen molar-refractivity contribution in [1.29, 1.82) is 0 Å². The first-order valence-corrected chi connectivity index (χ1v) is 10.4. The Kier molecular flexibility index (Phi) is 6.10. The highest BCUT2D eigenvalue weighted by Crippen LogP contribution is 2.29. The number of benzene rings is 1. The third-order valence-electron chi connectivity index (χ3n) is 5.51. The molecule has 2 amide bonds.